The first-order valence-electron chi connectivity index (χ1n) is 22.8. The zero-order valence-corrected chi connectivity index (χ0v) is 40.6. The number of ether oxygens (including phenoxy) is 3. The molecule has 10 atom stereocenters. The fourth-order valence-corrected chi connectivity index (χ4v) is 9.13. The lowest BCUT2D eigenvalue weighted by atomic mass is 9.89. The van der Waals surface area contributed by atoms with Gasteiger partial charge in [0.25, 0.3) is 0 Å². The summed E-state index contributed by atoms with van der Waals surface area (Å²) in [4.78, 5) is 88.1. The fourth-order valence-electron chi connectivity index (χ4n) is 9.13. The quantitative estimate of drug-likeness (QED) is 0.121. The van der Waals surface area contributed by atoms with Crippen LogP contribution in [0, 0.1) is 35.5 Å². The van der Waals surface area contributed by atoms with Crippen molar-refractivity contribution in [2.45, 2.75) is 157 Å². The Morgan fingerprint density at radius 1 is 0.790 bits per heavy atom. The number of esters is 1. The van der Waals surface area contributed by atoms with Crippen LogP contribution < -0.4 is 10.6 Å². The van der Waals surface area contributed by atoms with Gasteiger partial charge in [0.1, 0.15) is 18.1 Å². The molecule has 14 nitrogen and oxygen atoms in total. The van der Waals surface area contributed by atoms with Gasteiger partial charge in [-0.25, -0.2) is 4.79 Å². The number of hydrogen-bond donors (Lipinski definition) is 2. The normalized spacial score (nSPS) is 18.5. The van der Waals surface area contributed by atoms with Gasteiger partial charge < -0.3 is 39.5 Å². The van der Waals surface area contributed by atoms with Gasteiger partial charge in [-0.1, -0.05) is 106 Å². The van der Waals surface area contributed by atoms with E-state index < -0.39 is 60.2 Å². The molecule has 1 fully saturated rings. The number of amides is 5. The van der Waals surface area contributed by atoms with E-state index in [0.717, 1.165) is 12.0 Å². The van der Waals surface area contributed by atoms with Gasteiger partial charge in [0.05, 0.1) is 43.7 Å². The van der Waals surface area contributed by atoms with Gasteiger partial charge in [-0.3, -0.25) is 24.0 Å². The van der Waals surface area contributed by atoms with Crippen LogP contribution in [0.3, 0.4) is 0 Å². The number of likely N-dealkylation sites (tertiary alicyclic amines) is 1. The average Bonchev–Trinajstić information content (AvgIpc) is 3.73. The van der Waals surface area contributed by atoms with E-state index in [2.05, 4.69) is 24.5 Å². The standard InChI is InChI=1S/C48H81N5O9/c1-16-32(9)42(52(12)47(58)40(30(5)6)50-45(56)41(31(7)8)51(11)46(57)35(17-2)26-29(3)4)38(60-13)28-39(54)53-25-21-24-37(53)43(61-14)33(10)44(55)49-36(48(59)62-15)27-34-22-19-18-20-23-34/h18-20,22-23,29-33,35-38,40-43H,16-17,21,24-28H2,1-15H3,(H,49,55)(H,50,56)/t32-,33+,35-,36-,37-,38+,40-,41-,42-,43+/m0/s1. The number of nitrogens with one attached hydrogen (secondary N) is 2. The van der Waals surface area contributed by atoms with E-state index in [0.29, 0.717) is 38.1 Å². The fraction of sp³-hybridized carbons (Fsp3) is 0.750. The second-order valence-corrected chi connectivity index (χ2v) is 18.5. The highest BCUT2D eigenvalue weighted by Gasteiger charge is 2.44. The van der Waals surface area contributed by atoms with Crippen molar-refractivity contribution in [1.82, 2.24) is 25.3 Å². The highest BCUT2D eigenvalue weighted by molar-refractivity contribution is 5.93. The Kier molecular flexibility index (Phi) is 22.6. The summed E-state index contributed by atoms with van der Waals surface area (Å²) in [6.07, 6.45) is 2.25. The molecule has 0 aliphatic carbocycles. The minimum absolute atomic E-state index is 0.0336. The molecule has 0 bridgehead atoms. The third kappa shape index (κ3) is 14.5. The molecule has 0 saturated carbocycles. The lowest BCUT2D eigenvalue weighted by Crippen LogP contribution is -2.60. The largest absolute Gasteiger partial charge is 0.467 e. The summed E-state index contributed by atoms with van der Waals surface area (Å²) >= 11 is 0. The summed E-state index contributed by atoms with van der Waals surface area (Å²) in [7, 11) is 7.72. The van der Waals surface area contributed by atoms with Crippen molar-refractivity contribution in [3.05, 3.63) is 35.9 Å². The minimum atomic E-state index is -0.908. The number of benzene rings is 1. The molecule has 1 aliphatic rings. The van der Waals surface area contributed by atoms with E-state index in [-0.39, 0.29) is 60.1 Å². The van der Waals surface area contributed by atoms with Crippen LogP contribution in [-0.2, 0) is 49.4 Å². The maximum absolute atomic E-state index is 14.6. The van der Waals surface area contributed by atoms with Crippen molar-refractivity contribution >= 4 is 35.5 Å². The predicted molar refractivity (Wildman–Crippen MR) is 242 cm³/mol. The molecule has 0 spiro atoms. The molecule has 1 aromatic carbocycles. The van der Waals surface area contributed by atoms with E-state index in [4.69, 9.17) is 14.2 Å². The van der Waals surface area contributed by atoms with Gasteiger partial charge in [0, 0.05) is 47.2 Å². The number of carbonyl (C=O) groups is 6. The number of carbonyl (C=O) groups excluding carboxylic acids is 6. The number of hydrogen-bond acceptors (Lipinski definition) is 9. The lowest BCUT2D eigenvalue weighted by Gasteiger charge is -2.41. The zero-order chi connectivity index (χ0) is 47.0. The van der Waals surface area contributed by atoms with Crippen LogP contribution in [0.5, 0.6) is 0 Å². The molecular formula is C48H81N5O9. The molecule has 1 saturated heterocycles. The minimum Gasteiger partial charge on any atom is -0.467 e. The maximum atomic E-state index is 14.6. The van der Waals surface area contributed by atoms with Crippen molar-refractivity contribution in [1.29, 1.82) is 0 Å². The van der Waals surface area contributed by atoms with Crippen LogP contribution in [0.25, 0.3) is 0 Å². The zero-order valence-electron chi connectivity index (χ0n) is 40.6. The number of likely N-dealkylation sites (N-methyl/N-ethyl adjacent to an activating group) is 2. The van der Waals surface area contributed by atoms with Gasteiger partial charge in [0.2, 0.25) is 29.5 Å². The summed E-state index contributed by atoms with van der Waals surface area (Å²) in [6.45, 7) is 19.9. The summed E-state index contributed by atoms with van der Waals surface area (Å²) in [5.74, 6) is -3.11. The summed E-state index contributed by atoms with van der Waals surface area (Å²) in [5, 5.41) is 5.89. The van der Waals surface area contributed by atoms with Gasteiger partial charge in [-0.15, -0.1) is 0 Å². The third-order valence-corrected chi connectivity index (χ3v) is 12.8. The molecule has 62 heavy (non-hydrogen) atoms. The highest BCUT2D eigenvalue weighted by atomic mass is 16.5. The molecule has 0 unspecified atom stereocenters. The molecule has 1 heterocycles. The molecule has 1 aliphatic heterocycles. The van der Waals surface area contributed by atoms with Gasteiger partial charge in [-0.2, -0.15) is 0 Å². The summed E-state index contributed by atoms with van der Waals surface area (Å²) in [5.41, 5.74) is 0.866. The van der Waals surface area contributed by atoms with Crippen molar-refractivity contribution in [2.24, 2.45) is 35.5 Å². The van der Waals surface area contributed by atoms with Crippen LogP contribution in [0.1, 0.15) is 113 Å². The molecule has 0 aromatic heterocycles. The Morgan fingerprint density at radius 2 is 1.42 bits per heavy atom. The Labute approximate surface area is 372 Å². The monoisotopic (exact) mass is 872 g/mol. The molecule has 0 radical (unpaired) electrons. The smallest absolute Gasteiger partial charge is 0.328 e. The van der Waals surface area contributed by atoms with Crippen molar-refractivity contribution in [3.63, 3.8) is 0 Å². The maximum Gasteiger partial charge on any atom is 0.328 e. The number of nitrogens with zero attached hydrogens (tertiary/aromatic N) is 3. The lowest BCUT2D eigenvalue weighted by molar-refractivity contribution is -0.149. The predicted octanol–water partition coefficient (Wildman–Crippen LogP) is 5.50. The van der Waals surface area contributed by atoms with E-state index >= 15 is 0 Å². The highest BCUT2D eigenvalue weighted by Crippen LogP contribution is 2.30. The second kappa shape index (κ2) is 25.9. The van der Waals surface area contributed by atoms with E-state index in [1.807, 2.05) is 78.8 Å². The van der Waals surface area contributed by atoms with E-state index in [1.54, 1.807) is 35.7 Å². The molecular weight excluding hydrogens is 791 g/mol. The van der Waals surface area contributed by atoms with Crippen molar-refractivity contribution < 1.29 is 43.0 Å². The van der Waals surface area contributed by atoms with Crippen molar-refractivity contribution in [3.8, 4) is 0 Å². The number of rotatable bonds is 25. The molecule has 14 heteroatoms. The average molecular weight is 872 g/mol. The second-order valence-electron chi connectivity index (χ2n) is 18.5. The van der Waals surface area contributed by atoms with Crippen LogP contribution in [-0.4, -0.2) is 135 Å². The Bertz CT molecular complexity index is 1590. The topological polar surface area (TPSA) is 164 Å². The first-order valence-corrected chi connectivity index (χ1v) is 22.8. The SMILES string of the molecule is CC[C@@H](CC(C)C)C(=O)N(C)[C@H](C(=O)N[C@H](C(=O)N(C)[C@@H]([C@@H](C)CC)[C@@H](CC(=O)N1CCC[C@H]1[C@H](OC)[C@@H](C)C(=O)N[C@@H](Cc1ccccc1)C(=O)OC)OC)C(C)C)C(C)C. The Balaban J connectivity index is 2.32. The number of methoxy groups -OCH3 is 3. The van der Waals surface area contributed by atoms with Crippen LogP contribution in [0.2, 0.25) is 0 Å². The van der Waals surface area contributed by atoms with Gasteiger partial charge in [0.15, 0.2) is 0 Å². The Morgan fingerprint density at radius 3 is 1.92 bits per heavy atom. The first kappa shape index (κ1) is 54.1. The van der Waals surface area contributed by atoms with E-state index in [1.165, 1.54) is 21.3 Å². The summed E-state index contributed by atoms with van der Waals surface area (Å²) < 4.78 is 17.0. The van der Waals surface area contributed by atoms with Crippen LogP contribution >= 0.6 is 0 Å². The summed E-state index contributed by atoms with van der Waals surface area (Å²) in [6, 6.07) is 5.82. The van der Waals surface area contributed by atoms with E-state index in [9.17, 15) is 28.8 Å². The van der Waals surface area contributed by atoms with Gasteiger partial charge >= 0.3 is 5.97 Å². The first-order chi connectivity index (χ1) is 29.2. The van der Waals surface area contributed by atoms with Crippen LogP contribution in [0.15, 0.2) is 30.3 Å². The molecule has 5 amide bonds. The third-order valence-electron chi connectivity index (χ3n) is 12.8. The molecule has 1 aromatic rings. The molecule has 2 rings (SSSR count). The molecule has 352 valence electrons. The Hall–Kier alpha value is -4.04. The van der Waals surface area contributed by atoms with Crippen LogP contribution in [0.4, 0.5) is 0 Å². The van der Waals surface area contributed by atoms with Crippen molar-refractivity contribution in [2.75, 3.05) is 42.0 Å². The van der Waals surface area contributed by atoms with Gasteiger partial charge in [-0.05, 0) is 54.9 Å². The molecule has 2 N–H and O–H groups in total.